The van der Waals surface area contributed by atoms with Crippen LogP contribution in [0.4, 0.5) is 11.4 Å². The third kappa shape index (κ3) is 2.82. The highest BCUT2D eigenvalue weighted by Gasteiger charge is 2.17. The van der Waals surface area contributed by atoms with Crippen LogP contribution in [0.3, 0.4) is 0 Å². The third-order valence-electron chi connectivity index (χ3n) is 4.39. The van der Waals surface area contributed by atoms with Gasteiger partial charge < -0.3 is 5.32 Å². The van der Waals surface area contributed by atoms with E-state index in [1.165, 1.54) is 11.6 Å². The first kappa shape index (κ1) is 17.2. The van der Waals surface area contributed by atoms with E-state index >= 15 is 0 Å². The second-order valence-corrected chi connectivity index (χ2v) is 6.44. The van der Waals surface area contributed by atoms with Crippen LogP contribution in [0.2, 0.25) is 5.02 Å². The van der Waals surface area contributed by atoms with Crippen LogP contribution in [0.1, 0.15) is 18.1 Å². The molecule has 0 aliphatic heterocycles. The summed E-state index contributed by atoms with van der Waals surface area (Å²) in [6, 6.07) is 5.54. The van der Waals surface area contributed by atoms with Crippen molar-refractivity contribution in [1.29, 1.82) is 0 Å². The van der Waals surface area contributed by atoms with E-state index in [-0.39, 0.29) is 5.56 Å². The Balaban J connectivity index is 2.38. The second-order valence-electron chi connectivity index (χ2n) is 6.00. The number of aryl methyl sites for hydroxylation is 3. The predicted octanol–water partition coefficient (Wildman–Crippen LogP) is 2.90. The van der Waals surface area contributed by atoms with Gasteiger partial charge >= 0.3 is 5.69 Å². The van der Waals surface area contributed by atoms with Gasteiger partial charge in [0.2, 0.25) is 0 Å². The number of hydrogen-bond acceptors (Lipinski definition) is 4. The Labute approximate surface area is 149 Å². The normalized spacial score (nSPS) is 11.1. The first-order valence-corrected chi connectivity index (χ1v) is 8.33. The smallest absolute Gasteiger partial charge is 0.332 e. The zero-order valence-corrected chi connectivity index (χ0v) is 15.3. The summed E-state index contributed by atoms with van der Waals surface area (Å²) >= 11 is 6.11. The van der Waals surface area contributed by atoms with Crippen molar-refractivity contribution in [3.63, 3.8) is 0 Å². The molecule has 0 amide bonds. The molecule has 0 unspecified atom stereocenters. The molecule has 2 aromatic heterocycles. The number of nitrogens with one attached hydrogen (secondary N) is 1. The summed E-state index contributed by atoms with van der Waals surface area (Å²) in [4.78, 5) is 29.3. The maximum absolute atomic E-state index is 12.8. The number of nitrogens with zero attached hydrogens (tertiary/aromatic N) is 3. The molecule has 1 aromatic carbocycles. The van der Waals surface area contributed by atoms with Gasteiger partial charge in [-0.2, -0.15) is 0 Å². The van der Waals surface area contributed by atoms with Gasteiger partial charge in [-0.1, -0.05) is 24.6 Å². The highest BCUT2D eigenvalue weighted by molar-refractivity contribution is 6.30. The van der Waals surface area contributed by atoms with Crippen LogP contribution in [0.25, 0.3) is 11.0 Å². The molecule has 2 heterocycles. The van der Waals surface area contributed by atoms with E-state index in [4.69, 9.17) is 11.6 Å². The maximum atomic E-state index is 12.8. The summed E-state index contributed by atoms with van der Waals surface area (Å²) in [6.45, 7) is 3.95. The van der Waals surface area contributed by atoms with Gasteiger partial charge in [0.05, 0.1) is 5.69 Å². The Morgan fingerprint density at radius 3 is 2.60 bits per heavy atom. The van der Waals surface area contributed by atoms with Gasteiger partial charge in [0, 0.05) is 31.0 Å². The number of rotatable bonds is 3. The standard InChI is InChI=1S/C18H19ClN4O2/c1-5-11-9-20-16-14(17(24)23(4)18(25)22(16)3)15(11)21-13-8-12(19)7-6-10(13)2/h6-9H,5H2,1-4H3,(H,20,21). The Kier molecular flexibility index (Phi) is 4.39. The van der Waals surface area contributed by atoms with Crippen LogP contribution in [-0.2, 0) is 20.5 Å². The Morgan fingerprint density at radius 1 is 1.20 bits per heavy atom. The van der Waals surface area contributed by atoms with Crippen molar-refractivity contribution in [2.24, 2.45) is 14.1 Å². The van der Waals surface area contributed by atoms with Crippen LogP contribution < -0.4 is 16.6 Å². The number of halogens is 1. The molecule has 25 heavy (non-hydrogen) atoms. The number of hydrogen-bond donors (Lipinski definition) is 1. The lowest BCUT2D eigenvalue weighted by atomic mass is 10.1. The van der Waals surface area contributed by atoms with Crippen molar-refractivity contribution in [3.8, 4) is 0 Å². The first-order chi connectivity index (χ1) is 11.8. The van der Waals surface area contributed by atoms with Crippen molar-refractivity contribution in [2.75, 3.05) is 5.32 Å². The summed E-state index contributed by atoms with van der Waals surface area (Å²) in [5.41, 5.74) is 2.94. The SMILES string of the molecule is CCc1cnc2c(c1Nc1cc(Cl)ccc1C)c(=O)n(C)c(=O)n2C. The summed E-state index contributed by atoms with van der Waals surface area (Å²) in [5.74, 6) is 0. The molecule has 1 N–H and O–H groups in total. The molecule has 0 saturated carbocycles. The second kappa shape index (κ2) is 6.37. The zero-order valence-electron chi connectivity index (χ0n) is 14.6. The molecule has 6 nitrogen and oxygen atoms in total. The van der Waals surface area contributed by atoms with E-state index in [0.29, 0.717) is 28.2 Å². The van der Waals surface area contributed by atoms with Gasteiger partial charge in [-0.25, -0.2) is 9.78 Å². The summed E-state index contributed by atoms with van der Waals surface area (Å²) < 4.78 is 2.48. The minimum Gasteiger partial charge on any atom is -0.354 e. The fourth-order valence-corrected chi connectivity index (χ4v) is 3.01. The van der Waals surface area contributed by atoms with E-state index in [2.05, 4.69) is 10.3 Å². The molecule has 7 heteroatoms. The van der Waals surface area contributed by atoms with Gasteiger partial charge in [0.15, 0.2) is 5.65 Å². The molecule has 0 spiro atoms. The molecule has 0 saturated heterocycles. The van der Waals surface area contributed by atoms with E-state index < -0.39 is 5.69 Å². The summed E-state index contributed by atoms with van der Waals surface area (Å²) in [7, 11) is 3.08. The topological polar surface area (TPSA) is 68.9 Å². The van der Waals surface area contributed by atoms with Gasteiger partial charge in [-0.3, -0.25) is 13.9 Å². The zero-order chi connectivity index (χ0) is 18.3. The number of aromatic nitrogens is 3. The van der Waals surface area contributed by atoms with E-state index in [1.54, 1.807) is 13.2 Å². The van der Waals surface area contributed by atoms with Gasteiger partial charge in [0.25, 0.3) is 5.56 Å². The Morgan fingerprint density at radius 2 is 1.92 bits per heavy atom. The van der Waals surface area contributed by atoms with E-state index in [9.17, 15) is 9.59 Å². The molecular weight excluding hydrogens is 340 g/mol. The quantitative estimate of drug-likeness (QED) is 0.781. The van der Waals surface area contributed by atoms with E-state index in [0.717, 1.165) is 21.4 Å². The van der Waals surface area contributed by atoms with Crippen LogP contribution in [0.15, 0.2) is 34.0 Å². The average molecular weight is 359 g/mol. The average Bonchev–Trinajstić information content (AvgIpc) is 2.60. The van der Waals surface area contributed by atoms with Crippen LogP contribution in [0.5, 0.6) is 0 Å². The van der Waals surface area contributed by atoms with E-state index in [1.807, 2.05) is 32.0 Å². The van der Waals surface area contributed by atoms with Crippen molar-refractivity contribution in [2.45, 2.75) is 20.3 Å². The largest absolute Gasteiger partial charge is 0.354 e. The van der Waals surface area contributed by atoms with Gasteiger partial charge in [-0.15, -0.1) is 0 Å². The highest BCUT2D eigenvalue weighted by Crippen LogP contribution is 2.29. The minimum atomic E-state index is -0.404. The van der Waals surface area contributed by atoms with Crippen LogP contribution in [0, 0.1) is 6.92 Å². The number of benzene rings is 1. The van der Waals surface area contributed by atoms with Crippen LogP contribution >= 0.6 is 11.6 Å². The molecule has 3 aromatic rings. The maximum Gasteiger partial charge on any atom is 0.332 e. The van der Waals surface area contributed by atoms with Gasteiger partial charge in [-0.05, 0) is 36.6 Å². The molecular formula is C18H19ClN4O2. The molecule has 0 aliphatic rings. The monoisotopic (exact) mass is 358 g/mol. The first-order valence-electron chi connectivity index (χ1n) is 7.96. The molecule has 130 valence electrons. The summed E-state index contributed by atoms with van der Waals surface area (Å²) in [5, 5.41) is 4.33. The number of anilines is 2. The Bertz CT molecular complexity index is 1100. The fraction of sp³-hybridized carbons (Fsp3) is 0.278. The minimum absolute atomic E-state index is 0.354. The summed E-state index contributed by atoms with van der Waals surface area (Å²) in [6.07, 6.45) is 2.39. The Hall–Kier alpha value is -2.60. The van der Waals surface area contributed by atoms with Crippen molar-refractivity contribution in [3.05, 3.63) is 61.4 Å². The van der Waals surface area contributed by atoms with Crippen molar-refractivity contribution < 1.29 is 0 Å². The third-order valence-corrected chi connectivity index (χ3v) is 4.62. The molecule has 3 rings (SSSR count). The lowest BCUT2D eigenvalue weighted by Gasteiger charge is -2.17. The van der Waals surface area contributed by atoms with Crippen molar-refractivity contribution in [1.82, 2.24) is 14.1 Å². The lowest BCUT2D eigenvalue weighted by Crippen LogP contribution is -2.37. The molecule has 0 bridgehead atoms. The van der Waals surface area contributed by atoms with Crippen LogP contribution in [-0.4, -0.2) is 14.1 Å². The number of fused-ring (bicyclic) bond motifs is 1. The fourth-order valence-electron chi connectivity index (χ4n) is 2.84. The highest BCUT2D eigenvalue weighted by atomic mass is 35.5. The predicted molar refractivity (Wildman–Crippen MR) is 101 cm³/mol. The van der Waals surface area contributed by atoms with Gasteiger partial charge in [0.1, 0.15) is 5.39 Å². The molecule has 0 fully saturated rings. The molecule has 0 aliphatic carbocycles. The number of pyridine rings is 1. The van der Waals surface area contributed by atoms with Crippen molar-refractivity contribution >= 4 is 34.0 Å². The molecule has 0 atom stereocenters. The lowest BCUT2D eigenvalue weighted by molar-refractivity contribution is 0.707. The molecule has 0 radical (unpaired) electrons.